The molecular weight excluding hydrogens is 505 g/mol. The second-order valence-electron chi connectivity index (χ2n) is 7.76. The molecule has 194 valence electrons. The Morgan fingerprint density at radius 3 is 2.19 bits per heavy atom. The van der Waals surface area contributed by atoms with Crippen molar-refractivity contribution in [1.82, 2.24) is 29.7 Å². The van der Waals surface area contributed by atoms with Crippen molar-refractivity contribution in [2.75, 3.05) is 26.1 Å². The van der Waals surface area contributed by atoms with E-state index in [1.165, 1.54) is 39.0 Å². The Kier molecular flexibility index (Phi) is 7.47. The number of rotatable bonds is 10. The summed E-state index contributed by atoms with van der Waals surface area (Å²) < 4.78 is 59.9. The summed E-state index contributed by atoms with van der Waals surface area (Å²) in [6, 6.07) is 8.46. The number of methoxy groups -OCH3 is 3. The lowest BCUT2D eigenvalue weighted by Crippen LogP contribution is -2.29. The first-order chi connectivity index (χ1) is 17.8. The van der Waals surface area contributed by atoms with Crippen LogP contribution in [0.15, 0.2) is 48.9 Å². The van der Waals surface area contributed by atoms with E-state index in [1.807, 2.05) is 0 Å². The van der Waals surface area contributed by atoms with Crippen LogP contribution >= 0.6 is 0 Å². The van der Waals surface area contributed by atoms with Crippen molar-refractivity contribution in [2.45, 2.75) is 18.6 Å². The van der Waals surface area contributed by atoms with E-state index in [-0.39, 0.29) is 24.0 Å². The van der Waals surface area contributed by atoms with Crippen LogP contribution < -0.4 is 18.9 Å². The lowest BCUT2D eigenvalue weighted by molar-refractivity contribution is 0.391. The quantitative estimate of drug-likeness (QED) is 0.326. The molecule has 4 aromatic rings. The van der Waals surface area contributed by atoms with E-state index in [0.29, 0.717) is 28.6 Å². The topological polar surface area (TPSA) is 143 Å². The van der Waals surface area contributed by atoms with Crippen molar-refractivity contribution < 1.29 is 27.0 Å². The number of benzene rings is 1. The molecule has 0 amide bonds. The number of halogens is 1. The number of pyridine rings is 1. The largest absolute Gasteiger partial charge is 0.495 e. The van der Waals surface area contributed by atoms with Crippen molar-refractivity contribution in [2.24, 2.45) is 0 Å². The van der Waals surface area contributed by atoms with Gasteiger partial charge in [-0.15, -0.1) is 10.2 Å². The number of anilines is 1. The summed E-state index contributed by atoms with van der Waals surface area (Å²) in [7, 11) is 0.427. The minimum atomic E-state index is -4.04. The molecule has 0 radical (unpaired) electrons. The van der Waals surface area contributed by atoms with Gasteiger partial charge in [-0.1, -0.05) is 6.07 Å². The van der Waals surface area contributed by atoms with Crippen LogP contribution in [-0.4, -0.2) is 64.7 Å². The smallest absolute Gasteiger partial charge is 0.243 e. The van der Waals surface area contributed by atoms with Crippen LogP contribution in [0.4, 0.5) is 10.3 Å². The van der Waals surface area contributed by atoms with Crippen molar-refractivity contribution >= 4 is 16.0 Å². The Bertz CT molecular complexity index is 1460. The summed E-state index contributed by atoms with van der Waals surface area (Å²) in [5.74, 6) is 0.942. The zero-order chi connectivity index (χ0) is 26.6. The molecule has 0 saturated heterocycles. The van der Waals surface area contributed by atoms with E-state index < -0.39 is 21.1 Å². The van der Waals surface area contributed by atoms with Gasteiger partial charge in [0, 0.05) is 6.42 Å². The van der Waals surface area contributed by atoms with Gasteiger partial charge in [0.1, 0.15) is 34.5 Å². The Labute approximate surface area is 212 Å². The zero-order valence-corrected chi connectivity index (χ0v) is 21.2. The first-order valence-electron chi connectivity index (χ1n) is 10.9. The van der Waals surface area contributed by atoms with Gasteiger partial charge < -0.3 is 14.2 Å². The number of para-hydroxylation sites is 1. The van der Waals surface area contributed by atoms with Crippen molar-refractivity contribution in [1.29, 1.82) is 0 Å². The molecule has 1 aromatic carbocycles. The molecule has 1 N–H and O–H groups in total. The number of ether oxygens (including phenoxy) is 3. The maximum absolute atomic E-state index is 13.3. The first kappa shape index (κ1) is 25.8. The molecule has 37 heavy (non-hydrogen) atoms. The Morgan fingerprint density at radius 2 is 1.62 bits per heavy atom. The molecule has 1 atom stereocenters. The van der Waals surface area contributed by atoms with Gasteiger partial charge in [0.2, 0.25) is 16.0 Å². The highest BCUT2D eigenvalue weighted by Gasteiger charge is 2.29. The average Bonchev–Trinajstić information content (AvgIpc) is 3.31. The third kappa shape index (κ3) is 5.43. The molecule has 14 heteroatoms. The van der Waals surface area contributed by atoms with Crippen LogP contribution in [0, 0.1) is 5.82 Å². The molecule has 0 bridgehead atoms. The van der Waals surface area contributed by atoms with Gasteiger partial charge in [0.05, 0.1) is 45.2 Å². The van der Waals surface area contributed by atoms with E-state index in [0.717, 1.165) is 12.4 Å². The molecule has 0 aliphatic carbocycles. The van der Waals surface area contributed by atoms with E-state index >= 15 is 0 Å². The van der Waals surface area contributed by atoms with Crippen molar-refractivity contribution in [3.63, 3.8) is 0 Å². The highest BCUT2D eigenvalue weighted by molar-refractivity contribution is 7.93. The third-order valence-electron chi connectivity index (χ3n) is 5.40. The van der Waals surface area contributed by atoms with Crippen LogP contribution in [0.2, 0.25) is 0 Å². The van der Waals surface area contributed by atoms with E-state index in [2.05, 4.69) is 29.9 Å². The van der Waals surface area contributed by atoms with Gasteiger partial charge in [0.15, 0.2) is 11.6 Å². The predicted molar refractivity (Wildman–Crippen MR) is 132 cm³/mol. The van der Waals surface area contributed by atoms with Crippen molar-refractivity contribution in [3.05, 3.63) is 60.6 Å². The molecule has 4 rings (SSSR count). The van der Waals surface area contributed by atoms with E-state index in [1.54, 1.807) is 30.3 Å². The van der Waals surface area contributed by atoms with Gasteiger partial charge in [-0.3, -0.25) is 9.29 Å². The summed E-state index contributed by atoms with van der Waals surface area (Å²) in [6.07, 6.45) is 3.40. The Hall–Kier alpha value is -4.33. The molecule has 3 heterocycles. The predicted octanol–water partition coefficient (Wildman–Crippen LogP) is 2.66. The number of hydrogen-bond acceptors (Lipinski definition) is 10. The molecule has 12 nitrogen and oxygen atoms in total. The molecule has 0 fully saturated rings. The summed E-state index contributed by atoms with van der Waals surface area (Å²) in [5.41, 5.74) is 0.747. The van der Waals surface area contributed by atoms with Gasteiger partial charge in [-0.05, 0) is 31.2 Å². The van der Waals surface area contributed by atoms with Gasteiger partial charge in [-0.25, -0.2) is 27.8 Å². The number of nitrogens with zero attached hydrogens (tertiary/aromatic N) is 6. The third-order valence-corrected chi connectivity index (χ3v) is 7.09. The minimum Gasteiger partial charge on any atom is -0.495 e. The van der Waals surface area contributed by atoms with Crippen LogP contribution in [0.1, 0.15) is 12.7 Å². The minimum absolute atomic E-state index is 0.0609. The number of aromatic nitrogens is 6. The Morgan fingerprint density at radius 1 is 0.946 bits per heavy atom. The molecule has 3 aromatic heterocycles. The zero-order valence-electron chi connectivity index (χ0n) is 20.4. The van der Waals surface area contributed by atoms with Crippen LogP contribution in [0.3, 0.4) is 0 Å². The summed E-state index contributed by atoms with van der Waals surface area (Å²) in [4.78, 5) is 12.1. The average molecular weight is 530 g/mol. The van der Waals surface area contributed by atoms with Gasteiger partial charge >= 0.3 is 0 Å². The second-order valence-corrected chi connectivity index (χ2v) is 9.86. The fraction of sp³-hybridized carbons (Fsp3) is 0.261. The second kappa shape index (κ2) is 10.7. The highest BCUT2D eigenvalue weighted by atomic mass is 32.2. The van der Waals surface area contributed by atoms with E-state index in [4.69, 9.17) is 14.2 Å². The monoisotopic (exact) mass is 529 g/mol. The van der Waals surface area contributed by atoms with Crippen LogP contribution in [0.25, 0.3) is 17.2 Å². The van der Waals surface area contributed by atoms with Gasteiger partial charge in [0.25, 0.3) is 0 Å². The number of hydrogen-bond donors (Lipinski definition) is 1. The molecule has 1 unspecified atom stereocenters. The van der Waals surface area contributed by atoms with E-state index in [9.17, 15) is 12.8 Å². The summed E-state index contributed by atoms with van der Waals surface area (Å²) in [5, 5.41) is 7.32. The maximum atomic E-state index is 13.3. The maximum Gasteiger partial charge on any atom is 0.243 e. The normalized spacial score (nSPS) is 12.1. The lowest BCUT2D eigenvalue weighted by Gasteiger charge is -2.18. The summed E-state index contributed by atoms with van der Waals surface area (Å²) in [6.45, 7) is 1.48. The molecular formula is C23H24FN7O5S. The molecule has 0 aliphatic heterocycles. The standard InChI is InChI=1S/C23H24FN7O5S/c1-14(10-20-26-11-15(24)12-27-20)37(32,33)30-23-29-28-22(17-9-8-16(34-2)13-25-17)31(23)21-18(35-3)6-5-7-19(21)36-4/h5-9,11-14H,10H2,1-4H3,(H,29,30). The highest BCUT2D eigenvalue weighted by Crippen LogP contribution is 2.37. The molecule has 0 spiro atoms. The first-order valence-corrected chi connectivity index (χ1v) is 12.5. The van der Waals surface area contributed by atoms with Crippen LogP contribution in [-0.2, 0) is 16.4 Å². The molecule has 0 aliphatic rings. The van der Waals surface area contributed by atoms with Crippen molar-refractivity contribution in [3.8, 4) is 34.5 Å². The Balaban J connectivity index is 1.80. The van der Waals surface area contributed by atoms with Gasteiger partial charge in [-0.2, -0.15) is 0 Å². The van der Waals surface area contributed by atoms with Crippen LogP contribution in [0.5, 0.6) is 17.2 Å². The lowest BCUT2D eigenvalue weighted by atomic mass is 10.2. The SMILES string of the molecule is COc1ccc(-c2nnc(NS(=O)(=O)C(C)Cc3ncc(F)cn3)n2-c2c(OC)cccc2OC)nc1. The summed E-state index contributed by atoms with van der Waals surface area (Å²) >= 11 is 0. The number of nitrogens with one attached hydrogen (secondary N) is 1. The molecule has 0 saturated carbocycles. The fourth-order valence-corrected chi connectivity index (χ4v) is 4.41. The fourth-order valence-electron chi connectivity index (χ4n) is 3.45. The number of sulfonamides is 1.